The van der Waals surface area contributed by atoms with Crippen LogP contribution >= 0.6 is 0 Å². The molecule has 8 aromatic carbocycles. The Hall–Kier alpha value is -6.64. The SMILES string of the molecule is CC1(C)c2ccccc2N(c2ccc(C3(c4ccc(N5c6ccccc6C(C)(C)c6ccccc65)cc4)c4ccccc4-c4ccccc43)cc2)c2ccccc21. The molecule has 1 aliphatic carbocycles. The molecule has 0 N–H and O–H groups in total. The van der Waals surface area contributed by atoms with E-state index in [4.69, 9.17) is 0 Å². The van der Waals surface area contributed by atoms with Gasteiger partial charge in [-0.25, -0.2) is 0 Å². The van der Waals surface area contributed by atoms with Gasteiger partial charge in [0.1, 0.15) is 0 Å². The number of rotatable bonds is 4. The number of hydrogen-bond donors (Lipinski definition) is 0. The molecule has 2 heteroatoms. The van der Waals surface area contributed by atoms with Gasteiger partial charge in [0.2, 0.25) is 0 Å². The fourth-order valence-corrected chi connectivity index (χ4v) is 10.6. The second-order valence-electron chi connectivity index (χ2n) is 16.9. The quantitative estimate of drug-likeness (QED) is 0.178. The van der Waals surface area contributed by atoms with E-state index in [0.717, 1.165) is 11.4 Å². The van der Waals surface area contributed by atoms with Crippen molar-refractivity contribution in [3.8, 4) is 11.1 Å². The summed E-state index contributed by atoms with van der Waals surface area (Å²) >= 11 is 0. The molecule has 0 radical (unpaired) electrons. The van der Waals surface area contributed by atoms with Gasteiger partial charge >= 0.3 is 0 Å². The van der Waals surface area contributed by atoms with Crippen LogP contribution in [0.5, 0.6) is 0 Å². The number of fused-ring (bicyclic) bond motifs is 7. The number of benzene rings is 8. The van der Waals surface area contributed by atoms with Gasteiger partial charge in [-0.05, 0) is 104 Å². The maximum atomic E-state index is 2.45. The lowest BCUT2D eigenvalue weighted by Crippen LogP contribution is -2.31. The van der Waals surface area contributed by atoms with Crippen LogP contribution in [-0.2, 0) is 16.2 Å². The predicted molar refractivity (Wildman–Crippen MR) is 237 cm³/mol. The van der Waals surface area contributed by atoms with E-state index in [1.54, 1.807) is 0 Å². The first-order valence-corrected chi connectivity index (χ1v) is 20.2. The number of hydrogen-bond acceptors (Lipinski definition) is 2. The first-order chi connectivity index (χ1) is 27.8. The molecule has 2 heterocycles. The van der Waals surface area contributed by atoms with Crippen molar-refractivity contribution in [2.24, 2.45) is 0 Å². The highest BCUT2D eigenvalue weighted by Crippen LogP contribution is 2.58. The van der Waals surface area contributed by atoms with Crippen LogP contribution in [0.2, 0.25) is 0 Å². The fourth-order valence-electron chi connectivity index (χ4n) is 10.6. The Kier molecular flexibility index (Phi) is 7.20. The number of anilines is 6. The Morgan fingerprint density at radius 3 is 0.860 bits per heavy atom. The minimum Gasteiger partial charge on any atom is -0.310 e. The molecule has 0 amide bonds. The van der Waals surface area contributed by atoms with Gasteiger partial charge in [-0.3, -0.25) is 0 Å². The Labute approximate surface area is 336 Å². The Bertz CT molecular complexity index is 2560. The van der Waals surface area contributed by atoms with E-state index in [-0.39, 0.29) is 10.8 Å². The van der Waals surface area contributed by atoms with Gasteiger partial charge in [0.25, 0.3) is 0 Å². The van der Waals surface area contributed by atoms with Crippen molar-refractivity contribution in [2.45, 2.75) is 43.9 Å². The molecule has 2 nitrogen and oxygen atoms in total. The molecular weight excluding hydrogens is 689 g/mol. The van der Waals surface area contributed by atoms with E-state index in [9.17, 15) is 0 Å². The molecule has 0 bridgehead atoms. The van der Waals surface area contributed by atoms with Crippen LogP contribution in [0.1, 0.15) is 72.2 Å². The molecule has 3 aliphatic rings. The second kappa shape index (κ2) is 12.2. The van der Waals surface area contributed by atoms with E-state index in [1.165, 1.54) is 78.4 Å². The summed E-state index contributed by atoms with van der Waals surface area (Å²) in [5.41, 5.74) is 19.6. The maximum absolute atomic E-state index is 2.45. The smallest absolute Gasteiger partial charge is 0.0713 e. The molecule has 0 spiro atoms. The van der Waals surface area contributed by atoms with Gasteiger partial charge in [0, 0.05) is 22.2 Å². The molecule has 0 saturated heterocycles. The molecule has 8 aromatic rings. The van der Waals surface area contributed by atoms with Gasteiger partial charge in [-0.1, -0.05) is 173 Å². The van der Waals surface area contributed by atoms with Crippen LogP contribution in [0.25, 0.3) is 11.1 Å². The lowest BCUT2D eigenvalue weighted by Gasteiger charge is -2.42. The molecule has 57 heavy (non-hydrogen) atoms. The lowest BCUT2D eigenvalue weighted by atomic mass is 9.67. The zero-order valence-electron chi connectivity index (χ0n) is 32.9. The fraction of sp³-hybridized carbons (Fsp3) is 0.127. The number of nitrogens with zero attached hydrogens (tertiary/aromatic N) is 2. The average molecular weight is 733 g/mol. The monoisotopic (exact) mass is 732 g/mol. The van der Waals surface area contributed by atoms with Crippen LogP contribution in [-0.4, -0.2) is 0 Å². The van der Waals surface area contributed by atoms with Crippen molar-refractivity contribution in [1.29, 1.82) is 0 Å². The third kappa shape index (κ3) is 4.59. The highest BCUT2D eigenvalue weighted by Gasteiger charge is 2.46. The van der Waals surface area contributed by atoms with Gasteiger partial charge in [-0.15, -0.1) is 0 Å². The summed E-state index contributed by atoms with van der Waals surface area (Å²) in [4.78, 5) is 4.90. The summed E-state index contributed by atoms with van der Waals surface area (Å²) in [5, 5.41) is 0. The minimum absolute atomic E-state index is 0.105. The first kappa shape index (κ1) is 33.7. The Balaban J connectivity index is 1.09. The van der Waals surface area contributed by atoms with Crippen molar-refractivity contribution in [1.82, 2.24) is 0 Å². The molecule has 274 valence electrons. The van der Waals surface area contributed by atoms with Gasteiger partial charge < -0.3 is 9.80 Å². The van der Waals surface area contributed by atoms with Gasteiger partial charge in [0.15, 0.2) is 0 Å². The summed E-state index contributed by atoms with van der Waals surface area (Å²) in [7, 11) is 0. The van der Waals surface area contributed by atoms with Crippen LogP contribution in [0, 0.1) is 0 Å². The summed E-state index contributed by atoms with van der Waals surface area (Å²) in [6, 6.07) is 72.5. The molecule has 2 aliphatic heterocycles. The Morgan fingerprint density at radius 2 is 0.544 bits per heavy atom. The molecular formula is C55H44N2. The van der Waals surface area contributed by atoms with Crippen LogP contribution in [0.3, 0.4) is 0 Å². The molecule has 11 rings (SSSR count). The highest BCUT2D eigenvalue weighted by atomic mass is 15.2. The van der Waals surface area contributed by atoms with E-state index in [1.807, 2.05) is 0 Å². The van der Waals surface area contributed by atoms with Crippen molar-refractivity contribution in [2.75, 3.05) is 9.80 Å². The average Bonchev–Trinajstić information content (AvgIpc) is 3.56. The van der Waals surface area contributed by atoms with Crippen LogP contribution in [0.4, 0.5) is 34.1 Å². The minimum atomic E-state index is -0.510. The summed E-state index contributed by atoms with van der Waals surface area (Å²) in [6.45, 7) is 9.38. The molecule has 0 unspecified atom stereocenters. The molecule has 0 saturated carbocycles. The number of para-hydroxylation sites is 4. The van der Waals surface area contributed by atoms with E-state index >= 15 is 0 Å². The summed E-state index contributed by atoms with van der Waals surface area (Å²) < 4.78 is 0. The normalized spacial score (nSPS) is 16.1. The largest absolute Gasteiger partial charge is 0.310 e. The van der Waals surface area contributed by atoms with Crippen LogP contribution in [0.15, 0.2) is 194 Å². The zero-order valence-corrected chi connectivity index (χ0v) is 32.9. The van der Waals surface area contributed by atoms with E-state index < -0.39 is 5.41 Å². The summed E-state index contributed by atoms with van der Waals surface area (Å²) in [6.07, 6.45) is 0. The standard InChI is InChI=1S/C55H44N2/c1-53(2)45-21-9-13-25-49(45)56(50-26-14-10-22-46(50)53)39-33-29-37(30-34-39)55(43-19-7-5-17-41(43)42-18-6-8-20-44(42)55)38-31-35-40(36-32-38)57-51-27-15-11-23-47(51)54(3,4)48-24-12-16-28-52(48)57/h5-36H,1-4H3. The van der Waals surface area contributed by atoms with E-state index in [2.05, 4.69) is 232 Å². The Morgan fingerprint density at radius 1 is 0.281 bits per heavy atom. The maximum Gasteiger partial charge on any atom is 0.0713 e. The third-order valence-electron chi connectivity index (χ3n) is 13.3. The molecule has 0 aromatic heterocycles. The predicted octanol–water partition coefficient (Wildman–Crippen LogP) is 14.3. The van der Waals surface area contributed by atoms with Crippen molar-refractivity contribution >= 4 is 34.1 Å². The second-order valence-corrected chi connectivity index (χ2v) is 16.9. The third-order valence-corrected chi connectivity index (χ3v) is 13.3. The topological polar surface area (TPSA) is 6.48 Å². The van der Waals surface area contributed by atoms with Crippen LogP contribution < -0.4 is 9.80 Å². The molecule has 0 atom stereocenters. The first-order valence-electron chi connectivity index (χ1n) is 20.2. The highest BCUT2D eigenvalue weighted by molar-refractivity contribution is 5.90. The van der Waals surface area contributed by atoms with Crippen molar-refractivity contribution < 1.29 is 0 Å². The summed E-state index contributed by atoms with van der Waals surface area (Å²) in [5.74, 6) is 0. The lowest BCUT2D eigenvalue weighted by molar-refractivity contribution is 0.632. The van der Waals surface area contributed by atoms with Crippen molar-refractivity contribution in [3.63, 3.8) is 0 Å². The van der Waals surface area contributed by atoms with Gasteiger partial charge in [-0.2, -0.15) is 0 Å². The van der Waals surface area contributed by atoms with E-state index in [0.29, 0.717) is 0 Å². The zero-order chi connectivity index (χ0) is 38.5. The van der Waals surface area contributed by atoms with Crippen molar-refractivity contribution in [3.05, 3.63) is 239 Å². The van der Waals surface area contributed by atoms with Gasteiger partial charge in [0.05, 0.1) is 28.2 Å². The molecule has 0 fully saturated rings.